The van der Waals surface area contributed by atoms with E-state index < -0.39 is 23.8 Å². The summed E-state index contributed by atoms with van der Waals surface area (Å²) in [5.74, 6) is -1.76. The number of hydrogen-bond acceptors (Lipinski definition) is 6. The lowest BCUT2D eigenvalue weighted by Gasteiger charge is -2.37. The van der Waals surface area contributed by atoms with Gasteiger partial charge in [-0.3, -0.25) is 19.7 Å². The van der Waals surface area contributed by atoms with E-state index in [1.165, 1.54) is 0 Å². The molecule has 0 aromatic heterocycles. The molecule has 0 unspecified atom stereocenters. The molecule has 0 bridgehead atoms. The zero-order valence-corrected chi connectivity index (χ0v) is 15.7. The molecule has 0 aliphatic carbocycles. The fourth-order valence-corrected chi connectivity index (χ4v) is 3.39. The molecule has 2 heterocycles. The Labute approximate surface area is 162 Å². The van der Waals surface area contributed by atoms with Crippen LogP contribution in [-0.4, -0.2) is 66.8 Å². The molecule has 8 nitrogen and oxygen atoms in total. The Balaban J connectivity index is 1.92. The summed E-state index contributed by atoms with van der Waals surface area (Å²) in [6, 6.07) is 6.23. The highest BCUT2D eigenvalue weighted by Crippen LogP contribution is 2.32. The quantitative estimate of drug-likeness (QED) is 0.465. The molecule has 1 N–H and O–H groups in total. The summed E-state index contributed by atoms with van der Waals surface area (Å²) >= 11 is 6.09. The normalized spacial score (nSPS) is 22.7. The van der Waals surface area contributed by atoms with Crippen molar-refractivity contribution >= 4 is 35.8 Å². The Hall–Kier alpha value is -2.61. The number of benzene rings is 1. The number of rotatable bonds is 4. The molecule has 9 heteroatoms. The number of esters is 1. The lowest BCUT2D eigenvalue weighted by molar-refractivity contribution is -0.153. The van der Waals surface area contributed by atoms with E-state index >= 15 is 0 Å². The summed E-state index contributed by atoms with van der Waals surface area (Å²) in [6.45, 7) is 4.04. The van der Waals surface area contributed by atoms with Crippen LogP contribution >= 0.6 is 11.6 Å². The third-order valence-corrected chi connectivity index (χ3v) is 4.82. The first kappa shape index (κ1) is 19.2. The van der Waals surface area contributed by atoms with E-state index in [0.29, 0.717) is 42.7 Å². The second-order valence-electron chi connectivity index (χ2n) is 6.30. The second-order valence-corrected chi connectivity index (χ2v) is 6.74. The summed E-state index contributed by atoms with van der Waals surface area (Å²) in [7, 11) is 0. The SMILES string of the molecule is CCOC(=O)[C@@H]1C(=O)NC(N2CCN(C=O)CC2)=N[C@H]1c1cccc(Cl)c1. The van der Waals surface area contributed by atoms with Gasteiger partial charge in [0.1, 0.15) is 6.04 Å². The predicted molar refractivity (Wildman–Crippen MR) is 99.1 cm³/mol. The maximum absolute atomic E-state index is 12.7. The molecular formula is C18H21ClN4O4. The topological polar surface area (TPSA) is 91.3 Å². The number of aliphatic imine (C=N–C) groups is 1. The van der Waals surface area contributed by atoms with E-state index in [1.807, 2.05) is 4.90 Å². The average Bonchev–Trinajstić information content (AvgIpc) is 2.67. The third-order valence-electron chi connectivity index (χ3n) is 4.59. The van der Waals surface area contributed by atoms with Gasteiger partial charge in [0.05, 0.1) is 6.61 Å². The van der Waals surface area contributed by atoms with Gasteiger partial charge in [0.2, 0.25) is 18.3 Å². The lowest BCUT2D eigenvalue weighted by Crippen LogP contribution is -2.57. The molecule has 2 amide bonds. The molecule has 1 saturated heterocycles. The van der Waals surface area contributed by atoms with Crippen molar-refractivity contribution in [2.45, 2.75) is 13.0 Å². The van der Waals surface area contributed by atoms with E-state index in [-0.39, 0.29) is 6.61 Å². The largest absolute Gasteiger partial charge is 0.465 e. The molecule has 1 aromatic carbocycles. The van der Waals surface area contributed by atoms with Crippen molar-refractivity contribution in [1.82, 2.24) is 15.1 Å². The molecule has 1 aromatic rings. The van der Waals surface area contributed by atoms with E-state index in [1.54, 1.807) is 36.1 Å². The predicted octanol–water partition coefficient (Wildman–Crippen LogP) is 0.820. The lowest BCUT2D eigenvalue weighted by atomic mass is 9.91. The van der Waals surface area contributed by atoms with Gasteiger partial charge in [0, 0.05) is 31.2 Å². The summed E-state index contributed by atoms with van der Waals surface area (Å²) in [4.78, 5) is 44.2. The highest BCUT2D eigenvalue weighted by Gasteiger charge is 2.42. The molecule has 2 atom stereocenters. The van der Waals surface area contributed by atoms with Crippen LogP contribution in [0.4, 0.5) is 0 Å². The minimum Gasteiger partial charge on any atom is -0.465 e. The first-order chi connectivity index (χ1) is 13.0. The number of piperazine rings is 1. The van der Waals surface area contributed by atoms with Crippen molar-refractivity contribution in [2.75, 3.05) is 32.8 Å². The van der Waals surface area contributed by atoms with Gasteiger partial charge in [0.25, 0.3) is 0 Å². The van der Waals surface area contributed by atoms with E-state index in [0.717, 1.165) is 6.41 Å². The summed E-state index contributed by atoms with van der Waals surface area (Å²) < 4.78 is 5.08. The van der Waals surface area contributed by atoms with Crippen molar-refractivity contribution in [1.29, 1.82) is 0 Å². The van der Waals surface area contributed by atoms with Crippen LogP contribution in [-0.2, 0) is 19.1 Å². The first-order valence-corrected chi connectivity index (χ1v) is 9.16. The highest BCUT2D eigenvalue weighted by atomic mass is 35.5. The monoisotopic (exact) mass is 392 g/mol. The Kier molecular flexibility index (Phi) is 5.95. The van der Waals surface area contributed by atoms with Crippen molar-refractivity contribution in [2.24, 2.45) is 10.9 Å². The maximum Gasteiger partial charge on any atom is 0.321 e. The molecule has 2 aliphatic heterocycles. The Bertz CT molecular complexity index is 761. The minimum absolute atomic E-state index is 0.176. The van der Waals surface area contributed by atoms with Crippen LogP contribution < -0.4 is 5.32 Å². The Morgan fingerprint density at radius 3 is 2.74 bits per heavy atom. The molecule has 2 aliphatic rings. The van der Waals surface area contributed by atoms with Crippen molar-refractivity contribution in [3.05, 3.63) is 34.9 Å². The molecule has 144 valence electrons. The number of carbonyl (C=O) groups excluding carboxylic acids is 3. The van der Waals surface area contributed by atoms with Crippen LogP contribution in [0.2, 0.25) is 5.02 Å². The fraction of sp³-hybridized carbons (Fsp3) is 0.444. The van der Waals surface area contributed by atoms with Gasteiger partial charge in [-0.2, -0.15) is 0 Å². The van der Waals surface area contributed by atoms with Crippen LogP contribution in [0.1, 0.15) is 18.5 Å². The molecule has 3 rings (SSSR count). The van der Waals surface area contributed by atoms with E-state index in [9.17, 15) is 14.4 Å². The Morgan fingerprint density at radius 1 is 1.37 bits per heavy atom. The molecular weight excluding hydrogens is 372 g/mol. The van der Waals surface area contributed by atoms with Gasteiger partial charge in [0.15, 0.2) is 5.92 Å². The van der Waals surface area contributed by atoms with Crippen LogP contribution in [0.5, 0.6) is 0 Å². The first-order valence-electron chi connectivity index (χ1n) is 8.78. The minimum atomic E-state index is -1.08. The number of carbonyl (C=O) groups is 3. The Morgan fingerprint density at radius 2 is 2.11 bits per heavy atom. The van der Waals surface area contributed by atoms with Crippen molar-refractivity contribution < 1.29 is 19.1 Å². The standard InChI is InChI=1S/C18H21ClN4O4/c1-2-27-17(26)14-15(12-4-3-5-13(19)10-12)20-18(21-16(14)25)23-8-6-22(11-24)7-9-23/h3-5,10-11,14-15H,2,6-9H2,1H3,(H,20,21,25)/t14-,15-/m0/s1. The number of ether oxygens (including phenoxy) is 1. The number of halogens is 1. The average molecular weight is 393 g/mol. The second kappa shape index (κ2) is 8.39. The number of guanidine groups is 1. The van der Waals surface area contributed by atoms with Crippen molar-refractivity contribution in [3.63, 3.8) is 0 Å². The van der Waals surface area contributed by atoms with Gasteiger partial charge in [-0.15, -0.1) is 0 Å². The van der Waals surface area contributed by atoms with Gasteiger partial charge >= 0.3 is 5.97 Å². The van der Waals surface area contributed by atoms with Gasteiger partial charge in [-0.25, -0.2) is 4.99 Å². The molecule has 0 spiro atoms. The molecule has 0 saturated carbocycles. The van der Waals surface area contributed by atoms with Crippen LogP contribution in [0, 0.1) is 5.92 Å². The van der Waals surface area contributed by atoms with Gasteiger partial charge in [-0.1, -0.05) is 23.7 Å². The highest BCUT2D eigenvalue weighted by molar-refractivity contribution is 6.30. The third kappa shape index (κ3) is 4.21. The van der Waals surface area contributed by atoms with Crippen molar-refractivity contribution in [3.8, 4) is 0 Å². The zero-order chi connectivity index (χ0) is 19.4. The number of nitrogens with zero attached hydrogens (tertiary/aromatic N) is 3. The smallest absolute Gasteiger partial charge is 0.321 e. The van der Waals surface area contributed by atoms with Crippen LogP contribution in [0.15, 0.2) is 29.3 Å². The van der Waals surface area contributed by atoms with Gasteiger partial charge in [-0.05, 0) is 24.6 Å². The van der Waals surface area contributed by atoms with Crippen LogP contribution in [0.25, 0.3) is 0 Å². The maximum atomic E-state index is 12.7. The van der Waals surface area contributed by atoms with E-state index in [2.05, 4.69) is 10.3 Å². The fourth-order valence-electron chi connectivity index (χ4n) is 3.20. The molecule has 1 fully saturated rings. The zero-order valence-electron chi connectivity index (χ0n) is 14.9. The number of nitrogens with one attached hydrogen (secondary N) is 1. The molecule has 27 heavy (non-hydrogen) atoms. The van der Waals surface area contributed by atoms with Gasteiger partial charge < -0.3 is 14.5 Å². The number of amides is 2. The summed E-state index contributed by atoms with van der Waals surface area (Å²) in [5, 5.41) is 3.22. The van der Waals surface area contributed by atoms with Crippen LogP contribution in [0.3, 0.4) is 0 Å². The number of hydrogen-bond donors (Lipinski definition) is 1. The van der Waals surface area contributed by atoms with E-state index in [4.69, 9.17) is 16.3 Å². The molecule has 0 radical (unpaired) electrons. The summed E-state index contributed by atoms with van der Waals surface area (Å²) in [6.07, 6.45) is 0.810. The summed E-state index contributed by atoms with van der Waals surface area (Å²) in [5.41, 5.74) is 0.666.